The Morgan fingerprint density at radius 3 is 2.71 bits per heavy atom. The van der Waals surface area contributed by atoms with Gasteiger partial charge in [0.2, 0.25) is 0 Å². The van der Waals surface area contributed by atoms with Crippen molar-refractivity contribution in [1.29, 1.82) is 0 Å². The summed E-state index contributed by atoms with van der Waals surface area (Å²) in [5, 5.41) is 1.09. The summed E-state index contributed by atoms with van der Waals surface area (Å²) in [6, 6.07) is 17.6. The van der Waals surface area contributed by atoms with Gasteiger partial charge in [-0.3, -0.25) is 9.78 Å². The van der Waals surface area contributed by atoms with Gasteiger partial charge in [0.05, 0.1) is 11.9 Å². The highest BCUT2D eigenvalue weighted by Crippen LogP contribution is 2.22. The standard InChI is InChI=1S/C18H14BrNO/c1-12-5-4-7-15(18(12)19)17(21)11-14-10-9-13-6-2-3-8-16(13)20-14/h2-10H,11H2,1H3. The van der Waals surface area contributed by atoms with E-state index in [-0.39, 0.29) is 5.78 Å². The molecule has 0 radical (unpaired) electrons. The molecule has 3 rings (SSSR count). The molecule has 1 heterocycles. The Labute approximate surface area is 132 Å². The molecule has 0 aliphatic rings. The maximum atomic E-state index is 12.5. The number of aryl methyl sites for hydroxylation is 1. The Hall–Kier alpha value is -2.00. The Kier molecular flexibility index (Phi) is 3.84. The zero-order valence-corrected chi connectivity index (χ0v) is 13.2. The first-order chi connectivity index (χ1) is 10.1. The third-order valence-electron chi connectivity index (χ3n) is 3.49. The fourth-order valence-corrected chi connectivity index (χ4v) is 2.81. The zero-order valence-electron chi connectivity index (χ0n) is 11.6. The lowest BCUT2D eigenvalue weighted by Gasteiger charge is -2.06. The fourth-order valence-electron chi connectivity index (χ4n) is 2.33. The average molecular weight is 340 g/mol. The third-order valence-corrected chi connectivity index (χ3v) is 4.54. The highest BCUT2D eigenvalue weighted by molar-refractivity contribution is 9.10. The van der Waals surface area contributed by atoms with Gasteiger partial charge in [-0.25, -0.2) is 0 Å². The first-order valence-electron chi connectivity index (χ1n) is 6.78. The Bertz CT molecular complexity index is 826. The number of nitrogens with zero attached hydrogens (tertiary/aromatic N) is 1. The molecule has 1 aromatic heterocycles. The number of hydrogen-bond donors (Lipinski definition) is 0. The summed E-state index contributed by atoms with van der Waals surface area (Å²) >= 11 is 3.49. The molecule has 21 heavy (non-hydrogen) atoms. The summed E-state index contributed by atoms with van der Waals surface area (Å²) in [6.45, 7) is 1.98. The van der Waals surface area contributed by atoms with E-state index in [1.165, 1.54) is 0 Å². The third kappa shape index (κ3) is 2.88. The summed E-state index contributed by atoms with van der Waals surface area (Å²) in [5.41, 5.74) is 3.50. The second-order valence-electron chi connectivity index (χ2n) is 5.03. The maximum absolute atomic E-state index is 12.5. The van der Waals surface area contributed by atoms with Crippen LogP contribution in [0.3, 0.4) is 0 Å². The van der Waals surface area contributed by atoms with Gasteiger partial charge in [0.25, 0.3) is 0 Å². The van der Waals surface area contributed by atoms with E-state index < -0.39 is 0 Å². The minimum absolute atomic E-state index is 0.0772. The van der Waals surface area contributed by atoms with Crippen LogP contribution >= 0.6 is 15.9 Å². The van der Waals surface area contributed by atoms with Crippen LogP contribution in [0, 0.1) is 6.92 Å². The van der Waals surface area contributed by atoms with E-state index in [4.69, 9.17) is 0 Å². The molecule has 0 saturated carbocycles. The van der Waals surface area contributed by atoms with Gasteiger partial charge in [-0.15, -0.1) is 0 Å². The number of Topliss-reactive ketones (excluding diaryl/α,β-unsaturated/α-hetero) is 1. The van der Waals surface area contributed by atoms with Crippen molar-refractivity contribution in [2.45, 2.75) is 13.3 Å². The van der Waals surface area contributed by atoms with Crippen LogP contribution < -0.4 is 0 Å². The number of carbonyl (C=O) groups excluding carboxylic acids is 1. The van der Waals surface area contributed by atoms with E-state index in [0.717, 1.165) is 26.6 Å². The number of hydrogen-bond acceptors (Lipinski definition) is 2. The van der Waals surface area contributed by atoms with E-state index in [1.807, 2.05) is 61.5 Å². The molecule has 2 nitrogen and oxygen atoms in total. The van der Waals surface area contributed by atoms with Gasteiger partial charge >= 0.3 is 0 Å². The van der Waals surface area contributed by atoms with Crippen molar-refractivity contribution < 1.29 is 4.79 Å². The second-order valence-corrected chi connectivity index (χ2v) is 5.82. The molecule has 3 heteroatoms. The molecule has 2 aromatic carbocycles. The van der Waals surface area contributed by atoms with Gasteiger partial charge in [-0.1, -0.05) is 42.5 Å². The lowest BCUT2D eigenvalue weighted by molar-refractivity contribution is 0.0991. The number of fused-ring (bicyclic) bond motifs is 1. The van der Waals surface area contributed by atoms with E-state index in [0.29, 0.717) is 12.0 Å². The number of halogens is 1. The first-order valence-corrected chi connectivity index (χ1v) is 7.57. The van der Waals surface area contributed by atoms with E-state index in [1.54, 1.807) is 0 Å². The summed E-state index contributed by atoms with van der Waals surface area (Å²) in [7, 11) is 0. The Morgan fingerprint density at radius 2 is 1.86 bits per heavy atom. The molecular weight excluding hydrogens is 326 g/mol. The van der Waals surface area contributed by atoms with Gasteiger partial charge in [0.1, 0.15) is 0 Å². The minimum atomic E-state index is 0.0772. The van der Waals surface area contributed by atoms with Crippen LogP contribution in [0.2, 0.25) is 0 Å². The predicted octanol–water partition coefficient (Wildman–Crippen LogP) is 4.73. The van der Waals surface area contributed by atoms with Gasteiger partial charge in [0.15, 0.2) is 5.78 Å². The SMILES string of the molecule is Cc1cccc(C(=O)Cc2ccc3ccccc3n2)c1Br. The number of para-hydroxylation sites is 1. The summed E-state index contributed by atoms with van der Waals surface area (Å²) in [4.78, 5) is 17.0. The average Bonchev–Trinajstić information content (AvgIpc) is 2.50. The summed E-state index contributed by atoms with van der Waals surface area (Å²) in [5.74, 6) is 0.0772. The van der Waals surface area contributed by atoms with Crippen molar-refractivity contribution in [2.24, 2.45) is 0 Å². The van der Waals surface area contributed by atoms with E-state index in [9.17, 15) is 4.79 Å². The molecule has 0 aliphatic carbocycles. The lowest BCUT2D eigenvalue weighted by atomic mass is 10.0. The molecule has 0 unspecified atom stereocenters. The van der Waals surface area contributed by atoms with Gasteiger partial charge in [-0.05, 0) is 40.5 Å². The maximum Gasteiger partial charge on any atom is 0.169 e. The largest absolute Gasteiger partial charge is 0.294 e. The van der Waals surface area contributed by atoms with Gasteiger partial charge in [-0.2, -0.15) is 0 Å². The molecule has 0 spiro atoms. The van der Waals surface area contributed by atoms with Crippen LogP contribution in [0.15, 0.2) is 59.1 Å². The van der Waals surface area contributed by atoms with Crippen molar-refractivity contribution in [3.8, 4) is 0 Å². The quantitative estimate of drug-likeness (QED) is 0.645. The van der Waals surface area contributed by atoms with Crippen LogP contribution in [0.25, 0.3) is 10.9 Å². The molecule has 0 bridgehead atoms. The van der Waals surface area contributed by atoms with Crippen molar-refractivity contribution >= 4 is 32.6 Å². The van der Waals surface area contributed by atoms with Crippen LogP contribution in [0.4, 0.5) is 0 Å². The molecule has 0 atom stereocenters. The van der Waals surface area contributed by atoms with Crippen molar-refractivity contribution in [3.05, 3.63) is 75.9 Å². The van der Waals surface area contributed by atoms with Gasteiger partial charge in [0, 0.05) is 21.1 Å². The van der Waals surface area contributed by atoms with Crippen molar-refractivity contribution in [1.82, 2.24) is 4.98 Å². The molecular formula is C18H14BrNO. The number of carbonyl (C=O) groups is 1. The normalized spacial score (nSPS) is 10.8. The number of aromatic nitrogens is 1. The molecule has 104 valence electrons. The van der Waals surface area contributed by atoms with Gasteiger partial charge < -0.3 is 0 Å². The van der Waals surface area contributed by atoms with Crippen LogP contribution in [-0.4, -0.2) is 10.8 Å². The number of rotatable bonds is 3. The fraction of sp³-hybridized carbons (Fsp3) is 0.111. The molecule has 3 aromatic rings. The van der Waals surface area contributed by atoms with Crippen molar-refractivity contribution in [3.63, 3.8) is 0 Å². The molecule has 0 saturated heterocycles. The van der Waals surface area contributed by atoms with E-state index in [2.05, 4.69) is 20.9 Å². The monoisotopic (exact) mass is 339 g/mol. The smallest absolute Gasteiger partial charge is 0.169 e. The molecule has 0 N–H and O–H groups in total. The Balaban J connectivity index is 1.91. The van der Waals surface area contributed by atoms with Crippen LogP contribution in [0.5, 0.6) is 0 Å². The highest BCUT2D eigenvalue weighted by atomic mass is 79.9. The lowest BCUT2D eigenvalue weighted by Crippen LogP contribution is -2.06. The number of pyridine rings is 1. The van der Waals surface area contributed by atoms with E-state index >= 15 is 0 Å². The summed E-state index contributed by atoms with van der Waals surface area (Å²) in [6.07, 6.45) is 0.312. The highest BCUT2D eigenvalue weighted by Gasteiger charge is 2.13. The summed E-state index contributed by atoms with van der Waals surface area (Å²) < 4.78 is 0.871. The first kappa shape index (κ1) is 14.0. The van der Waals surface area contributed by atoms with Crippen LogP contribution in [-0.2, 0) is 6.42 Å². The minimum Gasteiger partial charge on any atom is -0.294 e. The molecule has 0 aliphatic heterocycles. The number of benzene rings is 2. The van der Waals surface area contributed by atoms with Crippen molar-refractivity contribution in [2.75, 3.05) is 0 Å². The predicted molar refractivity (Wildman–Crippen MR) is 88.7 cm³/mol. The topological polar surface area (TPSA) is 30.0 Å². The Morgan fingerprint density at radius 1 is 1.05 bits per heavy atom. The van der Waals surface area contributed by atoms with Crippen LogP contribution in [0.1, 0.15) is 21.6 Å². The molecule has 0 fully saturated rings. The number of ketones is 1. The zero-order chi connectivity index (χ0) is 14.8. The second kappa shape index (κ2) is 5.78. The molecule has 0 amide bonds.